The van der Waals surface area contributed by atoms with Gasteiger partial charge in [-0.3, -0.25) is 4.79 Å². The van der Waals surface area contributed by atoms with Gasteiger partial charge < -0.3 is 4.74 Å². The first kappa shape index (κ1) is 12.1. The Kier molecular flexibility index (Phi) is 4.00. The van der Waals surface area contributed by atoms with Gasteiger partial charge in [0.25, 0.3) is 0 Å². The van der Waals surface area contributed by atoms with E-state index in [0.29, 0.717) is 23.8 Å². The minimum Gasteiger partial charge on any atom is -0.381 e. The Morgan fingerprint density at radius 3 is 2.75 bits per heavy atom. The van der Waals surface area contributed by atoms with Gasteiger partial charge in [0, 0.05) is 29.2 Å². The molecule has 4 heteroatoms. The van der Waals surface area contributed by atoms with Crippen molar-refractivity contribution in [1.82, 2.24) is 0 Å². The van der Waals surface area contributed by atoms with Gasteiger partial charge in [-0.2, -0.15) is 0 Å². The average Bonchev–Trinajstić information content (AvgIpc) is 2.33. The van der Waals surface area contributed by atoms with Gasteiger partial charge in [0.1, 0.15) is 0 Å². The Morgan fingerprint density at radius 2 is 2.06 bits per heavy atom. The molecule has 1 fully saturated rings. The zero-order valence-corrected chi connectivity index (χ0v) is 11.1. The molecular weight excluding hydrogens is 291 g/mol. The van der Waals surface area contributed by atoms with E-state index in [-0.39, 0.29) is 11.7 Å². The summed E-state index contributed by atoms with van der Waals surface area (Å²) in [5.74, 6) is 0.190. The minimum absolute atomic E-state index is 0.0561. The van der Waals surface area contributed by atoms with Crippen LogP contribution in [0.4, 0.5) is 0 Å². The standard InChI is InChI=1S/C12H12BrClO2/c13-10-3-1-2-9(11(10)14)12(15)8-4-6-16-7-5-8/h1-3,8H,4-7H2. The van der Waals surface area contributed by atoms with Crippen molar-refractivity contribution in [3.63, 3.8) is 0 Å². The van der Waals surface area contributed by atoms with E-state index < -0.39 is 0 Å². The maximum absolute atomic E-state index is 12.2. The summed E-state index contributed by atoms with van der Waals surface area (Å²) in [4.78, 5) is 12.2. The molecule has 0 unspecified atom stereocenters. The van der Waals surface area contributed by atoms with Gasteiger partial charge in [-0.05, 0) is 40.9 Å². The largest absolute Gasteiger partial charge is 0.381 e. The number of hydrogen-bond donors (Lipinski definition) is 0. The van der Waals surface area contributed by atoms with E-state index in [1.165, 1.54) is 0 Å². The molecule has 1 aromatic rings. The molecule has 2 rings (SSSR count). The van der Waals surface area contributed by atoms with Crippen LogP contribution in [0, 0.1) is 5.92 Å². The number of halogens is 2. The highest BCUT2D eigenvalue weighted by Crippen LogP contribution is 2.29. The van der Waals surface area contributed by atoms with Crippen molar-refractivity contribution in [1.29, 1.82) is 0 Å². The molecule has 0 N–H and O–H groups in total. The van der Waals surface area contributed by atoms with Crippen LogP contribution in [-0.4, -0.2) is 19.0 Å². The van der Waals surface area contributed by atoms with E-state index in [2.05, 4.69) is 15.9 Å². The third-order valence-electron chi connectivity index (χ3n) is 2.81. The number of benzene rings is 1. The highest BCUT2D eigenvalue weighted by Gasteiger charge is 2.24. The number of carbonyl (C=O) groups excluding carboxylic acids is 1. The van der Waals surface area contributed by atoms with Gasteiger partial charge in [0.2, 0.25) is 0 Å². The average molecular weight is 304 g/mol. The van der Waals surface area contributed by atoms with Crippen molar-refractivity contribution >= 4 is 33.3 Å². The summed E-state index contributed by atoms with van der Waals surface area (Å²) in [5, 5.41) is 0.513. The second-order valence-corrected chi connectivity index (χ2v) is 5.08. The van der Waals surface area contributed by atoms with Crippen LogP contribution in [0.2, 0.25) is 5.02 Å². The van der Waals surface area contributed by atoms with Crippen LogP contribution in [-0.2, 0) is 4.74 Å². The van der Waals surface area contributed by atoms with E-state index in [4.69, 9.17) is 16.3 Å². The Balaban J connectivity index is 2.22. The molecule has 0 radical (unpaired) electrons. The zero-order valence-electron chi connectivity index (χ0n) is 8.71. The van der Waals surface area contributed by atoms with Crippen molar-refractivity contribution in [2.45, 2.75) is 12.8 Å². The van der Waals surface area contributed by atoms with Gasteiger partial charge in [0.05, 0.1) is 5.02 Å². The molecule has 0 atom stereocenters. The molecule has 16 heavy (non-hydrogen) atoms. The lowest BCUT2D eigenvalue weighted by Crippen LogP contribution is -2.23. The first-order chi connectivity index (χ1) is 7.70. The summed E-state index contributed by atoms with van der Waals surface area (Å²) >= 11 is 9.44. The summed E-state index contributed by atoms with van der Waals surface area (Å²) in [6, 6.07) is 5.45. The zero-order chi connectivity index (χ0) is 11.5. The fraction of sp³-hybridized carbons (Fsp3) is 0.417. The van der Waals surface area contributed by atoms with Crippen molar-refractivity contribution in [2.75, 3.05) is 13.2 Å². The molecule has 1 aromatic carbocycles. The van der Waals surface area contributed by atoms with Gasteiger partial charge in [-0.25, -0.2) is 0 Å². The van der Waals surface area contributed by atoms with Crippen LogP contribution < -0.4 is 0 Å². The number of ether oxygens (including phenoxy) is 1. The van der Waals surface area contributed by atoms with Crippen LogP contribution in [0.5, 0.6) is 0 Å². The maximum Gasteiger partial charge on any atom is 0.167 e. The number of rotatable bonds is 2. The fourth-order valence-electron chi connectivity index (χ4n) is 1.87. The molecule has 2 nitrogen and oxygen atoms in total. The second kappa shape index (κ2) is 5.30. The molecule has 86 valence electrons. The maximum atomic E-state index is 12.2. The summed E-state index contributed by atoms with van der Waals surface area (Å²) < 4.78 is 6.02. The van der Waals surface area contributed by atoms with Crippen molar-refractivity contribution < 1.29 is 9.53 Å². The monoisotopic (exact) mass is 302 g/mol. The molecule has 0 spiro atoms. The van der Waals surface area contributed by atoms with Crippen LogP contribution in [0.3, 0.4) is 0 Å². The summed E-state index contributed by atoms with van der Waals surface area (Å²) in [7, 11) is 0. The Labute approximate surface area is 108 Å². The molecule has 0 bridgehead atoms. The number of hydrogen-bond acceptors (Lipinski definition) is 2. The number of ketones is 1. The van der Waals surface area contributed by atoms with Gasteiger partial charge >= 0.3 is 0 Å². The smallest absolute Gasteiger partial charge is 0.167 e. The van der Waals surface area contributed by atoms with E-state index in [9.17, 15) is 4.79 Å². The highest BCUT2D eigenvalue weighted by atomic mass is 79.9. The normalized spacial score (nSPS) is 17.4. The molecule has 0 aromatic heterocycles. The Bertz CT molecular complexity index is 400. The van der Waals surface area contributed by atoms with E-state index in [1.807, 2.05) is 12.1 Å². The molecule has 1 aliphatic rings. The molecule has 0 saturated carbocycles. The summed E-state index contributed by atoms with van der Waals surface area (Å²) in [6.45, 7) is 1.34. The number of carbonyl (C=O) groups is 1. The summed E-state index contributed by atoms with van der Waals surface area (Å²) in [6.07, 6.45) is 1.59. The molecule has 1 saturated heterocycles. The Hall–Kier alpha value is -0.380. The number of Topliss-reactive ketones (excluding diaryl/α,β-unsaturated/α-hetero) is 1. The molecule has 1 heterocycles. The van der Waals surface area contributed by atoms with Crippen LogP contribution >= 0.6 is 27.5 Å². The predicted molar refractivity (Wildman–Crippen MR) is 67.0 cm³/mol. The lowest BCUT2D eigenvalue weighted by atomic mass is 9.91. The molecular formula is C12H12BrClO2. The van der Waals surface area contributed by atoms with E-state index in [0.717, 1.165) is 17.3 Å². The third kappa shape index (κ3) is 2.47. The first-order valence-corrected chi connectivity index (χ1v) is 6.43. The topological polar surface area (TPSA) is 26.3 Å². The predicted octanol–water partition coefficient (Wildman–Crippen LogP) is 3.71. The molecule has 1 aliphatic heterocycles. The van der Waals surface area contributed by atoms with Crippen LogP contribution in [0.25, 0.3) is 0 Å². The van der Waals surface area contributed by atoms with Gasteiger partial charge in [0.15, 0.2) is 5.78 Å². The quantitative estimate of drug-likeness (QED) is 0.779. The highest BCUT2D eigenvalue weighted by molar-refractivity contribution is 9.10. The van der Waals surface area contributed by atoms with Crippen molar-refractivity contribution in [3.05, 3.63) is 33.3 Å². The Morgan fingerprint density at radius 1 is 1.38 bits per heavy atom. The first-order valence-electron chi connectivity index (χ1n) is 5.26. The van der Waals surface area contributed by atoms with Crippen LogP contribution in [0.15, 0.2) is 22.7 Å². The molecule has 0 amide bonds. The van der Waals surface area contributed by atoms with Crippen molar-refractivity contribution in [3.8, 4) is 0 Å². The molecule has 0 aliphatic carbocycles. The SMILES string of the molecule is O=C(c1cccc(Br)c1Cl)C1CCOCC1. The summed E-state index contributed by atoms with van der Waals surface area (Å²) in [5.41, 5.74) is 0.614. The van der Waals surface area contributed by atoms with Gasteiger partial charge in [-0.1, -0.05) is 17.7 Å². The van der Waals surface area contributed by atoms with Crippen LogP contribution in [0.1, 0.15) is 23.2 Å². The van der Waals surface area contributed by atoms with E-state index in [1.54, 1.807) is 6.07 Å². The fourth-order valence-corrected chi connectivity index (χ4v) is 2.46. The lowest BCUT2D eigenvalue weighted by molar-refractivity contribution is 0.0545. The lowest BCUT2D eigenvalue weighted by Gasteiger charge is -2.21. The van der Waals surface area contributed by atoms with Gasteiger partial charge in [-0.15, -0.1) is 0 Å². The minimum atomic E-state index is 0.0561. The van der Waals surface area contributed by atoms with Crippen molar-refractivity contribution in [2.24, 2.45) is 5.92 Å². The third-order valence-corrected chi connectivity index (χ3v) is 4.11. The second-order valence-electron chi connectivity index (χ2n) is 3.85. The van der Waals surface area contributed by atoms with E-state index >= 15 is 0 Å².